The molecule has 3 aliphatic heterocycles. The molecule has 1 amide bonds. The van der Waals surface area contributed by atoms with Crippen molar-refractivity contribution in [1.29, 1.82) is 0 Å². The van der Waals surface area contributed by atoms with Crippen LogP contribution in [0.1, 0.15) is 35.5 Å². The molecule has 2 aromatic heterocycles. The number of fused-ring (bicyclic) bond motifs is 13. The maximum atomic E-state index is 13.2. The van der Waals surface area contributed by atoms with Gasteiger partial charge >= 0.3 is 0 Å². The molecule has 3 aliphatic rings. The molecule has 4 N–H and O–H groups in total. The topological polar surface area (TPSA) is 94.4 Å². The van der Waals surface area contributed by atoms with Crippen LogP contribution in [0.3, 0.4) is 0 Å². The van der Waals surface area contributed by atoms with E-state index in [1.807, 2.05) is 31.2 Å². The van der Waals surface area contributed by atoms with Crippen LogP contribution in [-0.4, -0.2) is 32.3 Å². The van der Waals surface area contributed by atoms with Crippen LogP contribution in [-0.2, 0) is 17.0 Å². The Kier molecular flexibility index (Phi) is 3.05. The number of ether oxygens (including phenoxy) is 1. The second-order valence-electron chi connectivity index (χ2n) is 9.69. The van der Waals surface area contributed by atoms with Crippen molar-refractivity contribution in [2.45, 2.75) is 44.0 Å². The molecule has 0 radical (unpaired) electrons. The normalized spacial score (nSPS) is 28.2. The van der Waals surface area contributed by atoms with E-state index in [1.54, 1.807) is 0 Å². The molecule has 5 aromatic rings. The van der Waals surface area contributed by atoms with Gasteiger partial charge in [-0.1, -0.05) is 36.4 Å². The number of aliphatic hydroxyl groups is 1. The Bertz CT molecular complexity index is 1710. The van der Waals surface area contributed by atoms with E-state index in [9.17, 15) is 9.90 Å². The quantitative estimate of drug-likeness (QED) is 0.345. The maximum absolute atomic E-state index is 13.2. The molecule has 1 fully saturated rings. The molecule has 2 bridgehead atoms. The van der Waals surface area contributed by atoms with Gasteiger partial charge in [0.05, 0.1) is 27.6 Å². The average Bonchev–Trinajstić information content (AvgIpc) is 3.45. The summed E-state index contributed by atoms with van der Waals surface area (Å²) in [6.45, 7) is 2.42. The number of carbonyl (C=O) groups is 1. The Labute approximate surface area is 188 Å². The zero-order chi connectivity index (χ0) is 22.2. The molecule has 4 atom stereocenters. The Morgan fingerprint density at radius 3 is 2.55 bits per heavy atom. The van der Waals surface area contributed by atoms with Crippen molar-refractivity contribution >= 4 is 49.5 Å². The summed E-state index contributed by atoms with van der Waals surface area (Å²) in [4.78, 5) is 13.2. The van der Waals surface area contributed by atoms with Gasteiger partial charge in [-0.05, 0) is 24.6 Å². The summed E-state index contributed by atoms with van der Waals surface area (Å²) in [7, 11) is 0. The first-order chi connectivity index (χ1) is 16.0. The van der Waals surface area contributed by atoms with E-state index < -0.39 is 17.9 Å². The Hall–Kier alpha value is -3.39. The minimum atomic E-state index is -1.05. The Morgan fingerprint density at radius 1 is 1.06 bits per heavy atom. The molecule has 1 saturated heterocycles. The van der Waals surface area contributed by atoms with Crippen LogP contribution in [0.15, 0.2) is 48.5 Å². The number of amides is 1. The fourth-order valence-corrected chi connectivity index (χ4v) is 6.73. The van der Waals surface area contributed by atoms with Gasteiger partial charge in [-0.2, -0.15) is 0 Å². The first-order valence-electron chi connectivity index (χ1n) is 11.4. The molecule has 3 aromatic carbocycles. The zero-order valence-electron chi connectivity index (χ0n) is 18.0. The van der Waals surface area contributed by atoms with Crippen LogP contribution in [0.2, 0.25) is 0 Å². The predicted molar refractivity (Wildman–Crippen MR) is 126 cm³/mol. The minimum Gasteiger partial charge on any atom is -0.386 e. The number of carbonyl (C=O) groups excluding carboxylic acids is 1. The van der Waals surface area contributed by atoms with Crippen LogP contribution >= 0.6 is 0 Å². The van der Waals surface area contributed by atoms with E-state index in [0.717, 1.165) is 54.7 Å². The average molecular weight is 438 g/mol. The molecular formula is C26H22N4O3. The van der Waals surface area contributed by atoms with Gasteiger partial charge in [-0.15, -0.1) is 0 Å². The first kappa shape index (κ1) is 18.1. The fourth-order valence-electron chi connectivity index (χ4n) is 6.73. The van der Waals surface area contributed by atoms with Crippen molar-refractivity contribution < 1.29 is 14.6 Å². The molecule has 8 rings (SSSR count). The Morgan fingerprint density at radius 2 is 1.76 bits per heavy atom. The van der Waals surface area contributed by atoms with Gasteiger partial charge in [0.25, 0.3) is 5.91 Å². The summed E-state index contributed by atoms with van der Waals surface area (Å²) in [5.74, 6) is -0.0391. The fraction of sp³-hybridized carbons (Fsp3) is 0.269. The first-order valence-corrected chi connectivity index (χ1v) is 11.4. The molecule has 7 nitrogen and oxygen atoms in total. The lowest BCUT2D eigenvalue weighted by molar-refractivity contribution is -0.246. The Balaban J connectivity index is 1.77. The largest absolute Gasteiger partial charge is 0.386 e. The van der Waals surface area contributed by atoms with Crippen molar-refractivity contribution in [3.63, 3.8) is 0 Å². The third kappa shape index (κ3) is 1.85. The summed E-state index contributed by atoms with van der Waals surface area (Å²) in [6.07, 6.45) is -0.759. The van der Waals surface area contributed by atoms with Gasteiger partial charge in [0.2, 0.25) is 0 Å². The monoisotopic (exact) mass is 438 g/mol. The number of hydrogen-bond donors (Lipinski definition) is 3. The molecule has 7 heteroatoms. The lowest BCUT2D eigenvalue weighted by atomic mass is 9.94. The van der Waals surface area contributed by atoms with E-state index in [2.05, 4.69) is 38.7 Å². The van der Waals surface area contributed by atoms with Gasteiger partial charge in [-0.25, -0.2) is 0 Å². The maximum Gasteiger partial charge on any atom is 0.252 e. The van der Waals surface area contributed by atoms with Crippen molar-refractivity contribution in [3.8, 4) is 0 Å². The van der Waals surface area contributed by atoms with E-state index in [4.69, 9.17) is 10.5 Å². The molecule has 0 unspecified atom stereocenters. The third-order valence-electron chi connectivity index (χ3n) is 8.05. The number of nitrogens with zero attached hydrogens (tertiary/aromatic N) is 2. The van der Waals surface area contributed by atoms with E-state index in [0.29, 0.717) is 13.0 Å². The van der Waals surface area contributed by atoms with Crippen LogP contribution < -0.4 is 11.1 Å². The van der Waals surface area contributed by atoms with Crippen LogP contribution in [0.5, 0.6) is 0 Å². The third-order valence-corrected chi connectivity index (χ3v) is 8.05. The highest BCUT2D eigenvalue weighted by atomic mass is 16.6. The standard InChI is InChI=1S/C26H22N4O3/c1-26-24(31)15(27)10-18(33-26)29-16-8-4-2-6-12(16)20-21-14(11-28-25(21)32)19-13-7-3-5-9-17(13)30(26)23(19)22(20)29/h2-9,15,18,24,31H,10-11,27H2,1H3,(H,28,32)/t15-,18-,24-,26-/m1/s1. The van der Waals surface area contributed by atoms with Gasteiger partial charge in [-0.3, -0.25) is 4.79 Å². The summed E-state index contributed by atoms with van der Waals surface area (Å²) in [6, 6.07) is 15.9. The van der Waals surface area contributed by atoms with Crippen molar-refractivity contribution in [2.75, 3.05) is 0 Å². The number of benzene rings is 3. The molecule has 164 valence electrons. The summed E-state index contributed by atoms with van der Waals surface area (Å²) in [5.41, 5.74) is 11.2. The summed E-state index contributed by atoms with van der Waals surface area (Å²) in [5, 5.41) is 18.5. The van der Waals surface area contributed by atoms with Crippen LogP contribution in [0.25, 0.3) is 43.6 Å². The van der Waals surface area contributed by atoms with E-state index >= 15 is 0 Å². The number of aliphatic hydroxyl groups excluding tert-OH is 1. The second kappa shape index (κ2) is 5.56. The van der Waals surface area contributed by atoms with E-state index in [-0.39, 0.29) is 12.1 Å². The SMILES string of the molecule is C[C@@]12O[C@H](C[C@@H](N)[C@H]1O)n1c3ccccc3c3c4c(c5c6ccccc6n2c5c31)CNC4=O. The highest BCUT2D eigenvalue weighted by Crippen LogP contribution is 2.52. The van der Waals surface area contributed by atoms with Gasteiger partial charge in [0.1, 0.15) is 12.3 Å². The zero-order valence-corrected chi connectivity index (χ0v) is 18.0. The number of para-hydroxylation sites is 2. The van der Waals surface area contributed by atoms with Crippen molar-refractivity contribution in [2.24, 2.45) is 5.73 Å². The van der Waals surface area contributed by atoms with Crippen LogP contribution in [0, 0.1) is 0 Å². The van der Waals surface area contributed by atoms with Crippen LogP contribution in [0.4, 0.5) is 0 Å². The highest BCUT2D eigenvalue weighted by molar-refractivity contribution is 6.31. The highest BCUT2D eigenvalue weighted by Gasteiger charge is 2.51. The predicted octanol–water partition coefficient (Wildman–Crippen LogP) is 3.44. The number of hydrogen-bond acceptors (Lipinski definition) is 4. The molecular weight excluding hydrogens is 416 g/mol. The molecule has 5 heterocycles. The summed E-state index contributed by atoms with van der Waals surface area (Å²) >= 11 is 0. The number of nitrogens with one attached hydrogen (secondary N) is 1. The molecule has 0 saturated carbocycles. The van der Waals surface area contributed by atoms with Gasteiger partial charge in [0, 0.05) is 40.6 Å². The smallest absolute Gasteiger partial charge is 0.252 e. The van der Waals surface area contributed by atoms with E-state index in [1.165, 1.54) is 0 Å². The molecule has 0 spiro atoms. The second-order valence-corrected chi connectivity index (χ2v) is 9.69. The number of aromatic nitrogens is 2. The van der Waals surface area contributed by atoms with Gasteiger partial charge in [0.15, 0.2) is 5.72 Å². The minimum absolute atomic E-state index is 0.0391. The molecule has 33 heavy (non-hydrogen) atoms. The number of rotatable bonds is 0. The number of nitrogens with two attached hydrogens (primary N) is 1. The van der Waals surface area contributed by atoms with Gasteiger partial charge < -0.3 is 30.0 Å². The van der Waals surface area contributed by atoms with Crippen molar-refractivity contribution in [3.05, 3.63) is 59.7 Å². The lowest BCUT2D eigenvalue weighted by Crippen LogP contribution is -2.58. The van der Waals surface area contributed by atoms with Crippen molar-refractivity contribution in [1.82, 2.24) is 14.5 Å². The lowest BCUT2D eigenvalue weighted by Gasteiger charge is -2.45. The molecule has 0 aliphatic carbocycles. The summed E-state index contributed by atoms with van der Waals surface area (Å²) < 4.78 is 11.1.